The number of fused-ring (bicyclic) bond motifs is 1. The molecule has 1 N–H and O–H groups in total. The minimum absolute atomic E-state index is 0.0519. The summed E-state index contributed by atoms with van der Waals surface area (Å²) >= 11 is 0. The van der Waals surface area contributed by atoms with E-state index in [9.17, 15) is 18.0 Å². The number of anilines is 1. The number of ether oxygens (including phenoxy) is 2. The molecule has 10 heteroatoms. The molecule has 0 saturated heterocycles. The number of hydrogen-bond donors (Lipinski definition) is 1. The second-order valence-electron chi connectivity index (χ2n) is 11.7. The maximum Gasteiger partial charge on any atom is 0.244 e. The van der Waals surface area contributed by atoms with Gasteiger partial charge in [0.1, 0.15) is 25.8 Å². The molecule has 1 aliphatic carbocycles. The van der Waals surface area contributed by atoms with Gasteiger partial charge in [-0.1, -0.05) is 79.4 Å². The summed E-state index contributed by atoms with van der Waals surface area (Å²) in [6, 6.07) is 21.4. The summed E-state index contributed by atoms with van der Waals surface area (Å²) in [4.78, 5) is 29.9. The van der Waals surface area contributed by atoms with Gasteiger partial charge in [-0.2, -0.15) is 0 Å². The Hall–Kier alpha value is -4.05. The van der Waals surface area contributed by atoms with E-state index >= 15 is 0 Å². The molecule has 3 aromatic rings. The molecule has 0 spiro atoms. The number of benzene rings is 3. The Kier molecular flexibility index (Phi) is 10.1. The van der Waals surface area contributed by atoms with Crippen LogP contribution in [0.4, 0.5) is 5.69 Å². The van der Waals surface area contributed by atoms with E-state index in [1.54, 1.807) is 18.2 Å². The van der Waals surface area contributed by atoms with Gasteiger partial charge in [0.25, 0.3) is 0 Å². The molecule has 2 amide bonds. The van der Waals surface area contributed by atoms with Crippen LogP contribution in [0.25, 0.3) is 0 Å². The minimum atomic E-state index is -3.89. The molecule has 1 heterocycles. The Balaban J connectivity index is 1.50. The van der Waals surface area contributed by atoms with Gasteiger partial charge in [0.05, 0.1) is 11.9 Å². The molecule has 0 bridgehead atoms. The molecule has 1 atom stereocenters. The summed E-state index contributed by atoms with van der Waals surface area (Å²) in [5.41, 5.74) is 3.11. The molecule has 2 aliphatic rings. The fraction of sp³-hybridized carbons (Fsp3) is 0.412. The van der Waals surface area contributed by atoms with Crippen LogP contribution in [0.1, 0.15) is 48.8 Å². The molecule has 234 valence electrons. The lowest BCUT2D eigenvalue weighted by molar-refractivity contribution is -0.140. The first-order valence-electron chi connectivity index (χ1n) is 15.2. The van der Waals surface area contributed by atoms with Crippen molar-refractivity contribution in [2.24, 2.45) is 0 Å². The van der Waals surface area contributed by atoms with Gasteiger partial charge in [-0.25, -0.2) is 8.42 Å². The lowest BCUT2D eigenvalue weighted by Crippen LogP contribution is -2.55. The van der Waals surface area contributed by atoms with Crippen LogP contribution in [0.3, 0.4) is 0 Å². The maximum atomic E-state index is 14.3. The lowest BCUT2D eigenvalue weighted by Gasteiger charge is -2.35. The summed E-state index contributed by atoms with van der Waals surface area (Å²) < 4.78 is 38.6. The Morgan fingerprint density at radius 3 is 2.25 bits per heavy atom. The second-order valence-corrected chi connectivity index (χ2v) is 13.6. The summed E-state index contributed by atoms with van der Waals surface area (Å²) in [5.74, 6) is 0.223. The molecule has 9 nitrogen and oxygen atoms in total. The first kappa shape index (κ1) is 31.4. The van der Waals surface area contributed by atoms with Crippen molar-refractivity contribution in [3.63, 3.8) is 0 Å². The van der Waals surface area contributed by atoms with Crippen molar-refractivity contribution in [3.05, 3.63) is 89.5 Å². The largest absolute Gasteiger partial charge is 0.486 e. The van der Waals surface area contributed by atoms with E-state index in [2.05, 4.69) is 5.32 Å². The van der Waals surface area contributed by atoms with E-state index < -0.39 is 28.5 Å². The zero-order valence-corrected chi connectivity index (χ0v) is 26.2. The summed E-state index contributed by atoms with van der Waals surface area (Å²) in [5, 5.41) is 3.22. The molecule has 0 radical (unpaired) electrons. The first-order valence-corrected chi connectivity index (χ1v) is 17.1. The Morgan fingerprint density at radius 1 is 0.886 bits per heavy atom. The number of amides is 2. The van der Waals surface area contributed by atoms with Crippen molar-refractivity contribution in [3.8, 4) is 11.5 Å². The third kappa shape index (κ3) is 8.11. The predicted octanol–water partition coefficient (Wildman–Crippen LogP) is 4.62. The highest BCUT2D eigenvalue weighted by Crippen LogP contribution is 2.35. The molecule has 3 aromatic carbocycles. The number of carbonyl (C=O) groups is 2. The van der Waals surface area contributed by atoms with Crippen LogP contribution in [-0.2, 0) is 32.6 Å². The van der Waals surface area contributed by atoms with E-state index in [1.807, 2.05) is 61.5 Å². The Morgan fingerprint density at radius 2 is 1.57 bits per heavy atom. The number of nitrogens with one attached hydrogen (secondary N) is 1. The van der Waals surface area contributed by atoms with Crippen molar-refractivity contribution in [2.75, 3.05) is 30.3 Å². The van der Waals surface area contributed by atoms with Gasteiger partial charge in [-0.15, -0.1) is 0 Å². The minimum Gasteiger partial charge on any atom is -0.486 e. The zero-order valence-electron chi connectivity index (χ0n) is 25.4. The highest BCUT2D eigenvalue weighted by atomic mass is 32.2. The Bertz CT molecular complexity index is 1540. The number of hydrogen-bond acceptors (Lipinski definition) is 6. The lowest BCUT2D eigenvalue weighted by atomic mass is 9.94. The average Bonchev–Trinajstić information content (AvgIpc) is 3.02. The van der Waals surface area contributed by atoms with Crippen LogP contribution in [0.2, 0.25) is 0 Å². The smallest absolute Gasteiger partial charge is 0.244 e. The van der Waals surface area contributed by atoms with Crippen LogP contribution in [0, 0.1) is 6.92 Å². The highest BCUT2D eigenvalue weighted by molar-refractivity contribution is 7.92. The monoisotopic (exact) mass is 619 g/mol. The van der Waals surface area contributed by atoms with Crippen molar-refractivity contribution < 1.29 is 27.5 Å². The quantitative estimate of drug-likeness (QED) is 0.336. The predicted molar refractivity (Wildman–Crippen MR) is 170 cm³/mol. The highest BCUT2D eigenvalue weighted by Gasteiger charge is 2.34. The van der Waals surface area contributed by atoms with E-state index in [0.717, 1.165) is 59.4 Å². The normalized spacial score (nSPS) is 15.7. The fourth-order valence-corrected chi connectivity index (χ4v) is 6.63. The standard InChI is InChI=1S/C34H41N3O6S/c1-25-13-15-27(16-14-25)23-36(30(21-26-9-5-3-6-10-26)34(39)35-28-11-7-4-8-12-28)33(38)24-37(44(2,40)41)29-17-18-31-32(22-29)43-20-19-42-31/h3,5-6,9-10,13-18,22,28,30H,4,7-8,11-12,19-21,23-24H2,1-2H3,(H,35,39)/t30-/m0/s1. The molecule has 1 aliphatic heterocycles. The zero-order chi connectivity index (χ0) is 31.1. The SMILES string of the molecule is Cc1ccc(CN(C(=O)CN(c2ccc3c(c2)OCCO3)S(C)(=O)=O)[C@@H](Cc2ccccc2)C(=O)NC2CCCCC2)cc1. The van der Waals surface area contributed by atoms with Gasteiger partial charge < -0.3 is 19.7 Å². The first-order chi connectivity index (χ1) is 21.2. The van der Waals surface area contributed by atoms with Gasteiger partial charge in [0.2, 0.25) is 21.8 Å². The van der Waals surface area contributed by atoms with Gasteiger partial charge in [0, 0.05) is 25.1 Å². The number of aryl methyl sites for hydroxylation is 1. The van der Waals surface area contributed by atoms with Gasteiger partial charge in [-0.05, 0) is 43.0 Å². The third-order valence-corrected chi connectivity index (χ3v) is 9.33. The van der Waals surface area contributed by atoms with E-state index in [0.29, 0.717) is 31.1 Å². The van der Waals surface area contributed by atoms with Crippen molar-refractivity contribution in [2.45, 2.75) is 64.1 Å². The van der Waals surface area contributed by atoms with E-state index in [4.69, 9.17) is 9.47 Å². The number of sulfonamides is 1. The van der Waals surface area contributed by atoms with E-state index in [1.165, 1.54) is 4.90 Å². The van der Waals surface area contributed by atoms with E-state index in [-0.39, 0.29) is 24.2 Å². The Labute approximate surface area is 260 Å². The average molecular weight is 620 g/mol. The van der Waals surface area contributed by atoms with Crippen LogP contribution >= 0.6 is 0 Å². The van der Waals surface area contributed by atoms with Gasteiger partial charge >= 0.3 is 0 Å². The summed E-state index contributed by atoms with van der Waals surface area (Å²) in [6.45, 7) is 2.40. The number of rotatable bonds is 11. The van der Waals surface area contributed by atoms with Crippen molar-refractivity contribution >= 4 is 27.5 Å². The number of nitrogens with zero attached hydrogens (tertiary/aromatic N) is 2. The molecular formula is C34H41N3O6S. The molecule has 44 heavy (non-hydrogen) atoms. The van der Waals surface area contributed by atoms with Crippen LogP contribution in [-0.4, -0.2) is 63.2 Å². The summed E-state index contributed by atoms with van der Waals surface area (Å²) in [6.07, 6.45) is 6.43. The third-order valence-electron chi connectivity index (χ3n) is 8.19. The second kappa shape index (κ2) is 14.2. The molecule has 0 aromatic heterocycles. The molecule has 0 unspecified atom stereocenters. The fourth-order valence-electron chi connectivity index (χ4n) is 5.79. The summed E-state index contributed by atoms with van der Waals surface area (Å²) in [7, 11) is -3.89. The van der Waals surface area contributed by atoms with Crippen LogP contribution in [0.15, 0.2) is 72.8 Å². The topological polar surface area (TPSA) is 105 Å². The molecular weight excluding hydrogens is 578 g/mol. The maximum absolute atomic E-state index is 14.3. The van der Waals surface area contributed by atoms with Gasteiger partial charge in [0.15, 0.2) is 11.5 Å². The van der Waals surface area contributed by atoms with Crippen LogP contribution < -0.4 is 19.1 Å². The van der Waals surface area contributed by atoms with Crippen molar-refractivity contribution in [1.82, 2.24) is 10.2 Å². The van der Waals surface area contributed by atoms with Gasteiger partial charge in [-0.3, -0.25) is 13.9 Å². The van der Waals surface area contributed by atoms with Crippen LogP contribution in [0.5, 0.6) is 11.5 Å². The number of carbonyl (C=O) groups excluding carboxylic acids is 2. The molecule has 5 rings (SSSR count). The molecule has 1 fully saturated rings. The van der Waals surface area contributed by atoms with Crippen molar-refractivity contribution in [1.29, 1.82) is 0 Å². The molecule has 1 saturated carbocycles.